The topological polar surface area (TPSA) is 29.9 Å². The molecular weight excluding hydrogens is 338 g/mol. The van der Waals surface area contributed by atoms with E-state index >= 15 is 0 Å². The molecule has 0 atom stereocenters. The molecule has 0 amide bonds. The van der Waals surface area contributed by atoms with Crippen LogP contribution in [0.4, 0.5) is 5.69 Å². The summed E-state index contributed by atoms with van der Waals surface area (Å²) in [6, 6.07) is 10.7. The van der Waals surface area contributed by atoms with Gasteiger partial charge in [0.1, 0.15) is 0 Å². The minimum Gasteiger partial charge on any atom is -0.385 e. The quantitative estimate of drug-likeness (QED) is 0.678. The third-order valence-corrected chi connectivity index (χ3v) is 4.75. The van der Waals surface area contributed by atoms with Crippen LogP contribution >= 0.6 is 15.9 Å². The summed E-state index contributed by atoms with van der Waals surface area (Å²) >= 11 is 3.50. The van der Waals surface area contributed by atoms with Gasteiger partial charge in [0.2, 0.25) is 0 Å². The lowest BCUT2D eigenvalue weighted by Gasteiger charge is -2.06. The van der Waals surface area contributed by atoms with Crippen molar-refractivity contribution >= 4 is 21.6 Å². The molecule has 4 heteroatoms. The molecule has 3 nitrogen and oxygen atoms in total. The number of unbranched alkanes of at least 4 members (excludes halogenated alkanes) is 2. The number of aryl methyl sites for hydroxylation is 2. The fourth-order valence-corrected chi connectivity index (χ4v) is 3.18. The largest absolute Gasteiger partial charge is 0.385 e. The zero-order valence-corrected chi connectivity index (χ0v) is 14.8. The molecular formula is C18H24BrN3. The molecule has 1 saturated carbocycles. The summed E-state index contributed by atoms with van der Waals surface area (Å²) in [6.07, 6.45) is 7.51. The smallest absolute Gasteiger partial charge is 0.0658 e. The van der Waals surface area contributed by atoms with Gasteiger partial charge in [0.05, 0.1) is 5.69 Å². The average Bonchev–Trinajstić information content (AvgIpc) is 3.28. The third-order valence-electron chi connectivity index (χ3n) is 4.25. The van der Waals surface area contributed by atoms with Crippen LogP contribution in [0.25, 0.3) is 0 Å². The van der Waals surface area contributed by atoms with E-state index < -0.39 is 0 Å². The zero-order chi connectivity index (χ0) is 15.4. The lowest BCUT2D eigenvalue weighted by atomic mass is 10.1. The van der Waals surface area contributed by atoms with E-state index in [1.165, 1.54) is 49.2 Å². The van der Waals surface area contributed by atoms with Crippen molar-refractivity contribution in [2.45, 2.75) is 44.4 Å². The van der Waals surface area contributed by atoms with Gasteiger partial charge in [0.15, 0.2) is 0 Å². The second kappa shape index (κ2) is 7.32. The van der Waals surface area contributed by atoms with Gasteiger partial charge in [-0.3, -0.25) is 4.68 Å². The highest BCUT2D eigenvalue weighted by molar-refractivity contribution is 9.10. The summed E-state index contributed by atoms with van der Waals surface area (Å²) in [5.74, 6) is 0.759. The first-order chi connectivity index (χ1) is 10.7. The van der Waals surface area contributed by atoms with E-state index in [4.69, 9.17) is 0 Å². The van der Waals surface area contributed by atoms with Crippen molar-refractivity contribution in [2.75, 3.05) is 11.9 Å². The monoisotopic (exact) mass is 361 g/mol. The maximum Gasteiger partial charge on any atom is 0.0658 e. The predicted octanol–water partition coefficient (Wildman–Crippen LogP) is 4.88. The lowest BCUT2D eigenvalue weighted by molar-refractivity contribution is 0.642. The molecule has 0 unspecified atom stereocenters. The van der Waals surface area contributed by atoms with Gasteiger partial charge in [0, 0.05) is 35.4 Å². The summed E-state index contributed by atoms with van der Waals surface area (Å²) in [5.41, 5.74) is 3.89. The molecule has 1 aliphatic carbocycles. The Labute approximate surface area is 141 Å². The summed E-state index contributed by atoms with van der Waals surface area (Å²) in [6.45, 7) is 1.04. The Morgan fingerprint density at radius 3 is 2.86 bits per heavy atom. The van der Waals surface area contributed by atoms with Gasteiger partial charge in [0.25, 0.3) is 0 Å². The van der Waals surface area contributed by atoms with Crippen LogP contribution in [0.2, 0.25) is 0 Å². The highest BCUT2D eigenvalue weighted by Gasteiger charge is 2.26. The van der Waals surface area contributed by atoms with Crippen LogP contribution in [0.1, 0.15) is 49.4 Å². The molecule has 1 aliphatic rings. The van der Waals surface area contributed by atoms with Gasteiger partial charge in [-0.15, -0.1) is 0 Å². The Hall–Kier alpha value is -1.29. The number of halogens is 1. The fourth-order valence-electron chi connectivity index (χ4n) is 2.78. The number of nitrogens with one attached hydrogen (secondary N) is 1. The van der Waals surface area contributed by atoms with Gasteiger partial charge in [-0.05, 0) is 56.4 Å². The molecule has 1 N–H and O–H groups in total. The number of nitrogens with zero attached hydrogens (tertiary/aromatic N) is 2. The van der Waals surface area contributed by atoms with Crippen molar-refractivity contribution in [3.8, 4) is 0 Å². The fraction of sp³-hybridized carbons (Fsp3) is 0.500. The number of aromatic nitrogens is 2. The highest BCUT2D eigenvalue weighted by Crippen LogP contribution is 2.39. The highest BCUT2D eigenvalue weighted by atomic mass is 79.9. The maximum atomic E-state index is 4.64. The van der Waals surface area contributed by atoms with E-state index in [1.54, 1.807) is 0 Å². The van der Waals surface area contributed by atoms with Gasteiger partial charge < -0.3 is 5.32 Å². The van der Waals surface area contributed by atoms with Crippen LogP contribution in [0, 0.1) is 0 Å². The van der Waals surface area contributed by atoms with E-state index in [0.717, 1.165) is 23.4 Å². The molecule has 2 aromatic rings. The van der Waals surface area contributed by atoms with Crippen molar-refractivity contribution < 1.29 is 0 Å². The molecule has 0 radical (unpaired) electrons. The van der Waals surface area contributed by atoms with Gasteiger partial charge >= 0.3 is 0 Å². The Kier molecular flexibility index (Phi) is 5.19. The van der Waals surface area contributed by atoms with E-state index in [9.17, 15) is 0 Å². The van der Waals surface area contributed by atoms with Crippen LogP contribution in [0.5, 0.6) is 0 Å². The Bertz CT molecular complexity index is 617. The van der Waals surface area contributed by atoms with Crippen LogP contribution < -0.4 is 5.32 Å². The van der Waals surface area contributed by atoms with Crippen LogP contribution in [-0.4, -0.2) is 16.3 Å². The van der Waals surface area contributed by atoms with Gasteiger partial charge in [-0.2, -0.15) is 5.10 Å². The standard InChI is InChI=1S/C18H24BrN3/c1-22-17(13-18(21-22)14-9-10-14)8-3-2-4-11-20-16-7-5-6-15(19)12-16/h5-7,12-14,20H,2-4,8-11H2,1H3. The normalized spacial score (nSPS) is 14.3. The molecule has 0 bridgehead atoms. The van der Waals surface area contributed by atoms with Gasteiger partial charge in [-0.1, -0.05) is 28.4 Å². The number of benzene rings is 1. The SMILES string of the molecule is Cn1nc(C2CC2)cc1CCCCCNc1cccc(Br)c1. The molecule has 0 aliphatic heterocycles. The zero-order valence-electron chi connectivity index (χ0n) is 13.2. The van der Waals surface area contributed by atoms with Crippen LogP contribution in [-0.2, 0) is 13.5 Å². The average molecular weight is 362 g/mol. The molecule has 1 fully saturated rings. The summed E-state index contributed by atoms with van der Waals surface area (Å²) in [5, 5.41) is 8.11. The van der Waals surface area contributed by atoms with E-state index in [1.807, 2.05) is 0 Å². The maximum absolute atomic E-state index is 4.64. The second-order valence-corrected chi connectivity index (χ2v) is 7.12. The van der Waals surface area contributed by atoms with Gasteiger partial charge in [-0.25, -0.2) is 0 Å². The molecule has 0 spiro atoms. The predicted molar refractivity (Wildman–Crippen MR) is 95.4 cm³/mol. The van der Waals surface area contributed by atoms with Crippen molar-refractivity contribution in [1.82, 2.24) is 9.78 Å². The molecule has 1 aromatic heterocycles. The van der Waals surface area contributed by atoms with Crippen molar-refractivity contribution in [3.63, 3.8) is 0 Å². The summed E-state index contributed by atoms with van der Waals surface area (Å²) < 4.78 is 3.20. The minimum absolute atomic E-state index is 0.759. The molecule has 118 valence electrons. The van der Waals surface area contributed by atoms with E-state index in [2.05, 4.69) is 68.4 Å². The van der Waals surface area contributed by atoms with Crippen LogP contribution in [0.3, 0.4) is 0 Å². The molecule has 0 saturated heterocycles. The molecule has 1 aromatic carbocycles. The van der Waals surface area contributed by atoms with E-state index in [0.29, 0.717) is 0 Å². The minimum atomic E-state index is 0.759. The van der Waals surface area contributed by atoms with Crippen LogP contribution in [0.15, 0.2) is 34.8 Å². The van der Waals surface area contributed by atoms with Crippen molar-refractivity contribution in [2.24, 2.45) is 7.05 Å². The number of rotatable bonds is 8. The number of hydrogen-bond donors (Lipinski definition) is 1. The van der Waals surface area contributed by atoms with Crippen molar-refractivity contribution in [3.05, 3.63) is 46.2 Å². The Balaban J connectivity index is 1.33. The van der Waals surface area contributed by atoms with Crippen molar-refractivity contribution in [1.29, 1.82) is 0 Å². The lowest BCUT2D eigenvalue weighted by Crippen LogP contribution is -2.02. The Morgan fingerprint density at radius 1 is 1.23 bits per heavy atom. The second-order valence-electron chi connectivity index (χ2n) is 6.21. The third kappa shape index (κ3) is 4.35. The first-order valence-corrected chi connectivity index (χ1v) is 9.04. The first kappa shape index (κ1) is 15.6. The molecule has 3 rings (SSSR count). The Morgan fingerprint density at radius 2 is 2.09 bits per heavy atom. The van der Waals surface area contributed by atoms with E-state index in [-0.39, 0.29) is 0 Å². The number of anilines is 1. The first-order valence-electron chi connectivity index (χ1n) is 8.24. The molecule has 1 heterocycles. The molecule has 22 heavy (non-hydrogen) atoms. The summed E-state index contributed by atoms with van der Waals surface area (Å²) in [4.78, 5) is 0. The summed E-state index contributed by atoms with van der Waals surface area (Å²) in [7, 11) is 2.08. The number of hydrogen-bond acceptors (Lipinski definition) is 2.